The molecule has 0 aliphatic rings. The molecule has 0 aliphatic heterocycles. The van der Waals surface area contributed by atoms with Crippen molar-refractivity contribution in [3.63, 3.8) is 0 Å². The first-order chi connectivity index (χ1) is 8.22. The molecule has 0 heterocycles. The molecule has 0 spiro atoms. The third-order valence-electron chi connectivity index (χ3n) is 2.96. The normalized spacial score (nSPS) is 12.2. The van der Waals surface area contributed by atoms with Crippen LogP contribution in [0.2, 0.25) is 0 Å². The molecule has 2 N–H and O–H groups in total. The number of hydrogen-bond donors (Lipinski definition) is 1. The van der Waals surface area contributed by atoms with E-state index in [1.165, 1.54) is 12.8 Å². The van der Waals surface area contributed by atoms with E-state index in [4.69, 9.17) is 15.2 Å². The van der Waals surface area contributed by atoms with Gasteiger partial charge in [0.15, 0.2) is 0 Å². The molecule has 0 saturated carbocycles. The van der Waals surface area contributed by atoms with Crippen molar-refractivity contribution in [3.05, 3.63) is 23.8 Å². The van der Waals surface area contributed by atoms with E-state index in [0.29, 0.717) is 0 Å². The molecule has 0 fully saturated rings. The van der Waals surface area contributed by atoms with E-state index in [9.17, 15) is 0 Å². The van der Waals surface area contributed by atoms with Gasteiger partial charge in [0.2, 0.25) is 0 Å². The Balaban J connectivity index is 2.78. The van der Waals surface area contributed by atoms with E-state index in [0.717, 1.165) is 29.9 Å². The molecular formula is C14H23NO2. The van der Waals surface area contributed by atoms with Crippen LogP contribution in [0.15, 0.2) is 18.2 Å². The fourth-order valence-corrected chi connectivity index (χ4v) is 1.90. The van der Waals surface area contributed by atoms with Crippen molar-refractivity contribution >= 4 is 0 Å². The molecule has 0 aliphatic carbocycles. The van der Waals surface area contributed by atoms with Gasteiger partial charge in [-0.25, -0.2) is 0 Å². The summed E-state index contributed by atoms with van der Waals surface area (Å²) in [5.74, 6) is 1.67. The lowest BCUT2D eigenvalue weighted by molar-refractivity contribution is 0.393. The van der Waals surface area contributed by atoms with Crippen molar-refractivity contribution in [1.82, 2.24) is 0 Å². The van der Waals surface area contributed by atoms with Gasteiger partial charge in [0.25, 0.3) is 0 Å². The zero-order valence-corrected chi connectivity index (χ0v) is 11.0. The summed E-state index contributed by atoms with van der Waals surface area (Å²) >= 11 is 0. The molecule has 17 heavy (non-hydrogen) atoms. The highest BCUT2D eigenvalue weighted by atomic mass is 16.5. The second kappa shape index (κ2) is 7.17. The molecule has 3 heteroatoms. The molecule has 0 radical (unpaired) electrons. The minimum atomic E-state index is 0.0200. The summed E-state index contributed by atoms with van der Waals surface area (Å²) in [6.07, 6.45) is 4.57. The average molecular weight is 237 g/mol. The molecule has 0 bridgehead atoms. The van der Waals surface area contributed by atoms with Gasteiger partial charge >= 0.3 is 0 Å². The minimum Gasteiger partial charge on any atom is -0.497 e. The van der Waals surface area contributed by atoms with Crippen molar-refractivity contribution in [2.45, 2.75) is 38.6 Å². The number of benzene rings is 1. The average Bonchev–Trinajstić information content (AvgIpc) is 2.38. The van der Waals surface area contributed by atoms with Crippen molar-refractivity contribution in [2.24, 2.45) is 5.73 Å². The predicted molar refractivity (Wildman–Crippen MR) is 70.6 cm³/mol. The minimum absolute atomic E-state index is 0.0200. The van der Waals surface area contributed by atoms with Crippen LogP contribution in [0.5, 0.6) is 11.5 Å². The van der Waals surface area contributed by atoms with E-state index < -0.39 is 0 Å². The van der Waals surface area contributed by atoms with Gasteiger partial charge < -0.3 is 15.2 Å². The van der Waals surface area contributed by atoms with E-state index in [1.807, 2.05) is 18.2 Å². The lowest BCUT2D eigenvalue weighted by atomic mass is 10.00. The topological polar surface area (TPSA) is 44.5 Å². The summed E-state index contributed by atoms with van der Waals surface area (Å²) in [5, 5.41) is 0. The maximum absolute atomic E-state index is 6.20. The molecule has 96 valence electrons. The number of hydrogen-bond acceptors (Lipinski definition) is 3. The van der Waals surface area contributed by atoms with Crippen LogP contribution < -0.4 is 15.2 Å². The number of unbranched alkanes of at least 4 members (excludes halogenated alkanes) is 2. The van der Waals surface area contributed by atoms with Crippen LogP contribution in [0, 0.1) is 0 Å². The van der Waals surface area contributed by atoms with Gasteiger partial charge in [-0.1, -0.05) is 26.2 Å². The summed E-state index contributed by atoms with van der Waals surface area (Å²) in [6.45, 7) is 2.19. The lowest BCUT2D eigenvalue weighted by Gasteiger charge is -2.16. The zero-order valence-electron chi connectivity index (χ0n) is 11.0. The van der Waals surface area contributed by atoms with Gasteiger partial charge in [-0.2, -0.15) is 0 Å². The monoisotopic (exact) mass is 237 g/mol. The van der Waals surface area contributed by atoms with Crippen LogP contribution in [0.4, 0.5) is 0 Å². The van der Waals surface area contributed by atoms with Gasteiger partial charge in [0.1, 0.15) is 11.5 Å². The molecule has 1 rings (SSSR count). The van der Waals surface area contributed by atoms with E-state index >= 15 is 0 Å². The third-order valence-corrected chi connectivity index (χ3v) is 2.96. The van der Waals surface area contributed by atoms with Gasteiger partial charge in [0.05, 0.1) is 14.2 Å². The molecule has 0 aromatic heterocycles. The van der Waals surface area contributed by atoms with Crippen molar-refractivity contribution in [1.29, 1.82) is 0 Å². The molecule has 0 saturated heterocycles. The number of rotatable bonds is 7. The predicted octanol–water partition coefficient (Wildman–Crippen LogP) is 3.28. The Morgan fingerprint density at radius 3 is 2.53 bits per heavy atom. The van der Waals surface area contributed by atoms with Crippen LogP contribution in [0.1, 0.15) is 44.2 Å². The Kier molecular flexibility index (Phi) is 5.84. The molecule has 3 nitrogen and oxygen atoms in total. The standard InChI is InChI=1S/C14H23NO2/c1-4-5-6-7-13(15)12-10-11(16-2)8-9-14(12)17-3/h8-10,13H,4-7,15H2,1-3H3. The summed E-state index contributed by atoms with van der Waals surface area (Å²) in [5.41, 5.74) is 7.23. The number of nitrogens with two attached hydrogens (primary N) is 1. The largest absolute Gasteiger partial charge is 0.497 e. The van der Waals surface area contributed by atoms with Gasteiger partial charge in [0, 0.05) is 11.6 Å². The Labute approximate surface area is 104 Å². The Hall–Kier alpha value is -1.22. The van der Waals surface area contributed by atoms with Gasteiger partial charge in [-0.3, -0.25) is 0 Å². The summed E-state index contributed by atoms with van der Waals surface area (Å²) in [7, 11) is 3.33. The van der Waals surface area contributed by atoms with Gasteiger partial charge in [-0.05, 0) is 24.6 Å². The highest BCUT2D eigenvalue weighted by Gasteiger charge is 2.12. The van der Waals surface area contributed by atoms with E-state index in [1.54, 1.807) is 14.2 Å². The highest BCUT2D eigenvalue weighted by Crippen LogP contribution is 2.30. The molecule has 1 atom stereocenters. The highest BCUT2D eigenvalue weighted by molar-refractivity contribution is 5.42. The fraction of sp³-hybridized carbons (Fsp3) is 0.571. The first-order valence-corrected chi connectivity index (χ1v) is 6.20. The van der Waals surface area contributed by atoms with Crippen LogP contribution in [-0.2, 0) is 0 Å². The maximum atomic E-state index is 6.20. The van der Waals surface area contributed by atoms with Crippen LogP contribution in [-0.4, -0.2) is 14.2 Å². The molecule has 1 aromatic rings. The van der Waals surface area contributed by atoms with Gasteiger partial charge in [-0.15, -0.1) is 0 Å². The van der Waals surface area contributed by atoms with Crippen molar-refractivity contribution in [2.75, 3.05) is 14.2 Å². The van der Waals surface area contributed by atoms with Crippen LogP contribution in [0.3, 0.4) is 0 Å². The van der Waals surface area contributed by atoms with E-state index in [-0.39, 0.29) is 6.04 Å². The van der Waals surface area contributed by atoms with E-state index in [2.05, 4.69) is 6.92 Å². The quantitative estimate of drug-likeness (QED) is 0.740. The summed E-state index contributed by atoms with van der Waals surface area (Å²) < 4.78 is 10.6. The molecule has 0 amide bonds. The maximum Gasteiger partial charge on any atom is 0.123 e. The second-order valence-electron chi connectivity index (χ2n) is 4.21. The Bertz CT molecular complexity index is 339. The van der Waals surface area contributed by atoms with Crippen LogP contribution in [0.25, 0.3) is 0 Å². The first-order valence-electron chi connectivity index (χ1n) is 6.20. The molecule has 1 aromatic carbocycles. The second-order valence-corrected chi connectivity index (χ2v) is 4.21. The van der Waals surface area contributed by atoms with Crippen molar-refractivity contribution < 1.29 is 9.47 Å². The Morgan fingerprint density at radius 1 is 1.18 bits per heavy atom. The first kappa shape index (κ1) is 13.8. The zero-order chi connectivity index (χ0) is 12.7. The molecular weight excluding hydrogens is 214 g/mol. The van der Waals surface area contributed by atoms with Crippen molar-refractivity contribution in [3.8, 4) is 11.5 Å². The third kappa shape index (κ3) is 3.93. The Morgan fingerprint density at radius 2 is 1.94 bits per heavy atom. The lowest BCUT2D eigenvalue weighted by Crippen LogP contribution is -2.11. The fourth-order valence-electron chi connectivity index (χ4n) is 1.90. The smallest absolute Gasteiger partial charge is 0.123 e. The SMILES string of the molecule is CCCCCC(N)c1cc(OC)ccc1OC. The molecule has 1 unspecified atom stereocenters. The summed E-state index contributed by atoms with van der Waals surface area (Å²) in [6, 6.07) is 5.79. The van der Waals surface area contributed by atoms with Crippen LogP contribution >= 0.6 is 0 Å². The number of methoxy groups -OCH3 is 2. The number of ether oxygens (including phenoxy) is 2. The summed E-state index contributed by atoms with van der Waals surface area (Å²) in [4.78, 5) is 0.